The molecule has 0 aliphatic heterocycles. The van der Waals surface area contributed by atoms with E-state index in [1.807, 2.05) is 13.0 Å². The highest BCUT2D eigenvalue weighted by atomic mass is 79.9. The summed E-state index contributed by atoms with van der Waals surface area (Å²) >= 11 is 3.46. The number of hydrogen-bond acceptors (Lipinski definition) is 2. The zero-order valence-corrected chi connectivity index (χ0v) is 14.1. The summed E-state index contributed by atoms with van der Waals surface area (Å²) in [6.45, 7) is 1.87. The summed E-state index contributed by atoms with van der Waals surface area (Å²) in [5.74, 6) is 0.0176. The number of rotatable bonds is 10. The molecule has 0 saturated carbocycles. The maximum atomic E-state index is 9.68. The summed E-state index contributed by atoms with van der Waals surface area (Å²) in [4.78, 5) is 0. The van der Waals surface area contributed by atoms with Crippen molar-refractivity contribution in [3.05, 3.63) is 23.3 Å². The molecule has 0 aliphatic rings. The smallest absolute Gasteiger partial charge is 0.160 e. The number of phenolic OH excluding ortho intramolecular Hbond substituents is 2. The van der Waals surface area contributed by atoms with Gasteiger partial charge in [0, 0.05) is 5.33 Å². The lowest BCUT2D eigenvalue weighted by atomic mass is 10.00. The maximum absolute atomic E-state index is 9.68. The second kappa shape index (κ2) is 10.1. The van der Waals surface area contributed by atoms with Gasteiger partial charge in [-0.25, -0.2) is 0 Å². The number of aryl methyl sites for hydroxylation is 1. The topological polar surface area (TPSA) is 40.5 Å². The normalized spacial score (nSPS) is 10.9. The van der Waals surface area contributed by atoms with Crippen LogP contribution in [0.15, 0.2) is 12.1 Å². The fourth-order valence-electron chi connectivity index (χ4n) is 2.47. The Hall–Kier alpha value is -0.700. The van der Waals surface area contributed by atoms with Crippen LogP contribution in [0.5, 0.6) is 11.5 Å². The lowest BCUT2D eigenvalue weighted by Crippen LogP contribution is -1.91. The molecule has 0 fully saturated rings. The molecule has 114 valence electrons. The van der Waals surface area contributed by atoms with Crippen LogP contribution < -0.4 is 0 Å². The number of alkyl halides is 1. The molecule has 20 heavy (non-hydrogen) atoms. The highest BCUT2D eigenvalue weighted by Gasteiger charge is 2.07. The molecule has 0 atom stereocenters. The van der Waals surface area contributed by atoms with Crippen LogP contribution in [0.3, 0.4) is 0 Å². The van der Waals surface area contributed by atoms with Crippen LogP contribution in [0.4, 0.5) is 0 Å². The van der Waals surface area contributed by atoms with Crippen LogP contribution >= 0.6 is 15.9 Å². The first-order valence-electron chi connectivity index (χ1n) is 7.73. The van der Waals surface area contributed by atoms with Gasteiger partial charge in [-0.05, 0) is 43.4 Å². The molecule has 0 spiro atoms. The van der Waals surface area contributed by atoms with E-state index in [4.69, 9.17) is 0 Å². The summed E-state index contributed by atoms with van der Waals surface area (Å²) in [5, 5.41) is 20.2. The molecule has 0 bridgehead atoms. The van der Waals surface area contributed by atoms with Crippen molar-refractivity contribution in [2.24, 2.45) is 0 Å². The van der Waals surface area contributed by atoms with E-state index in [2.05, 4.69) is 15.9 Å². The van der Waals surface area contributed by atoms with Crippen LogP contribution in [0.1, 0.15) is 62.5 Å². The van der Waals surface area contributed by atoms with E-state index in [9.17, 15) is 10.2 Å². The van der Waals surface area contributed by atoms with E-state index in [0.29, 0.717) is 0 Å². The monoisotopic (exact) mass is 342 g/mol. The van der Waals surface area contributed by atoms with Gasteiger partial charge >= 0.3 is 0 Å². The highest BCUT2D eigenvalue weighted by molar-refractivity contribution is 9.09. The molecule has 3 heteroatoms. The van der Waals surface area contributed by atoms with E-state index in [1.165, 1.54) is 44.9 Å². The quantitative estimate of drug-likeness (QED) is 0.336. The largest absolute Gasteiger partial charge is 0.504 e. The molecule has 0 saturated heterocycles. The summed E-state index contributed by atoms with van der Waals surface area (Å²) < 4.78 is 0. The predicted molar refractivity (Wildman–Crippen MR) is 88.9 cm³/mol. The maximum Gasteiger partial charge on any atom is 0.160 e. The fraction of sp³-hybridized carbons (Fsp3) is 0.647. The minimum absolute atomic E-state index is 0.0188. The zero-order valence-electron chi connectivity index (χ0n) is 12.5. The molecule has 0 radical (unpaired) electrons. The molecule has 1 rings (SSSR count). The van der Waals surface area contributed by atoms with Gasteiger partial charge in [-0.2, -0.15) is 0 Å². The molecule has 0 unspecified atom stereocenters. The average Bonchev–Trinajstić information content (AvgIpc) is 2.45. The molecule has 0 amide bonds. The summed E-state index contributed by atoms with van der Waals surface area (Å²) in [6, 6.07) is 3.51. The van der Waals surface area contributed by atoms with Crippen molar-refractivity contribution >= 4 is 15.9 Å². The lowest BCUT2D eigenvalue weighted by molar-refractivity contribution is 0.400. The molecule has 0 aliphatic carbocycles. The molecule has 1 aromatic rings. The van der Waals surface area contributed by atoms with Crippen molar-refractivity contribution in [3.8, 4) is 11.5 Å². The predicted octanol–water partition coefficient (Wildman–Crippen LogP) is 5.46. The van der Waals surface area contributed by atoms with E-state index in [0.717, 1.165) is 29.3 Å². The first-order valence-corrected chi connectivity index (χ1v) is 8.85. The van der Waals surface area contributed by atoms with Crippen LogP contribution in [0.2, 0.25) is 0 Å². The Morgan fingerprint density at radius 2 is 1.40 bits per heavy atom. The number of hydrogen-bond donors (Lipinski definition) is 2. The van der Waals surface area contributed by atoms with Gasteiger partial charge in [0.05, 0.1) is 0 Å². The van der Waals surface area contributed by atoms with E-state index >= 15 is 0 Å². The Kier molecular flexibility index (Phi) is 8.75. The van der Waals surface area contributed by atoms with Gasteiger partial charge in [-0.3, -0.25) is 0 Å². The molecular formula is C17H27BrO2. The third kappa shape index (κ3) is 6.17. The first kappa shape index (κ1) is 17.4. The Labute approximate surface area is 131 Å². The first-order chi connectivity index (χ1) is 9.66. The molecule has 2 nitrogen and oxygen atoms in total. The second-order valence-corrected chi connectivity index (χ2v) is 6.28. The summed E-state index contributed by atoms with van der Waals surface area (Å²) in [7, 11) is 0. The average molecular weight is 343 g/mol. The molecule has 0 heterocycles. The standard InChI is InChI=1S/C17H27BrO2/c1-14-15(11-12-16(19)17(14)20)10-8-6-4-2-3-5-7-9-13-18/h11-12,19-20H,2-10,13H2,1H3. The number of benzene rings is 1. The summed E-state index contributed by atoms with van der Waals surface area (Å²) in [6.07, 6.45) is 11.4. The third-order valence-corrected chi connectivity index (χ3v) is 4.41. The Bertz CT molecular complexity index is 391. The Morgan fingerprint density at radius 3 is 2.00 bits per heavy atom. The van der Waals surface area contributed by atoms with Gasteiger partial charge in [0.25, 0.3) is 0 Å². The van der Waals surface area contributed by atoms with Crippen molar-refractivity contribution in [3.63, 3.8) is 0 Å². The van der Waals surface area contributed by atoms with E-state index in [-0.39, 0.29) is 11.5 Å². The van der Waals surface area contributed by atoms with Gasteiger partial charge in [0.1, 0.15) is 0 Å². The van der Waals surface area contributed by atoms with Crippen molar-refractivity contribution in [2.75, 3.05) is 5.33 Å². The van der Waals surface area contributed by atoms with Gasteiger partial charge < -0.3 is 10.2 Å². The minimum Gasteiger partial charge on any atom is -0.504 e. The fourth-order valence-corrected chi connectivity index (χ4v) is 2.87. The van der Waals surface area contributed by atoms with Gasteiger partial charge in [0.2, 0.25) is 0 Å². The van der Waals surface area contributed by atoms with Crippen molar-refractivity contribution in [1.82, 2.24) is 0 Å². The van der Waals surface area contributed by atoms with Gasteiger partial charge in [-0.15, -0.1) is 0 Å². The Balaban J connectivity index is 2.11. The number of phenols is 2. The molecule has 0 aromatic heterocycles. The number of aromatic hydroxyl groups is 2. The minimum atomic E-state index is -0.0188. The zero-order chi connectivity index (χ0) is 14.8. The molecule has 2 N–H and O–H groups in total. The number of halogens is 1. The third-order valence-electron chi connectivity index (χ3n) is 3.85. The SMILES string of the molecule is Cc1c(CCCCCCCCCCBr)ccc(O)c1O. The molecular weight excluding hydrogens is 316 g/mol. The van der Waals surface area contributed by atoms with Crippen molar-refractivity contribution in [2.45, 2.75) is 64.7 Å². The van der Waals surface area contributed by atoms with Crippen molar-refractivity contribution < 1.29 is 10.2 Å². The van der Waals surface area contributed by atoms with Gasteiger partial charge in [0.15, 0.2) is 11.5 Å². The molecule has 1 aromatic carbocycles. The highest BCUT2D eigenvalue weighted by Crippen LogP contribution is 2.31. The van der Waals surface area contributed by atoms with E-state index in [1.54, 1.807) is 6.07 Å². The summed E-state index contributed by atoms with van der Waals surface area (Å²) in [5.41, 5.74) is 1.97. The van der Waals surface area contributed by atoms with Crippen LogP contribution in [-0.4, -0.2) is 15.5 Å². The van der Waals surface area contributed by atoms with Crippen molar-refractivity contribution in [1.29, 1.82) is 0 Å². The second-order valence-electron chi connectivity index (χ2n) is 5.48. The van der Waals surface area contributed by atoms with Crippen LogP contribution in [0, 0.1) is 6.92 Å². The van der Waals surface area contributed by atoms with Gasteiger partial charge in [-0.1, -0.05) is 60.5 Å². The Morgan fingerprint density at radius 1 is 0.850 bits per heavy atom. The van der Waals surface area contributed by atoms with E-state index < -0.39 is 0 Å². The number of unbranched alkanes of at least 4 members (excludes halogenated alkanes) is 7. The lowest BCUT2D eigenvalue weighted by Gasteiger charge is -2.09. The van der Waals surface area contributed by atoms with Crippen LogP contribution in [0.25, 0.3) is 0 Å². The van der Waals surface area contributed by atoms with Crippen LogP contribution in [-0.2, 0) is 6.42 Å².